The van der Waals surface area contributed by atoms with Gasteiger partial charge >= 0.3 is 0 Å². The van der Waals surface area contributed by atoms with Crippen LogP contribution in [0, 0.1) is 0 Å². The Morgan fingerprint density at radius 3 is 2.34 bits per heavy atom. The topological polar surface area (TPSA) is 122 Å². The molecule has 1 saturated heterocycles. The monoisotopic (exact) mass is 439 g/mol. The number of methoxy groups -OCH3 is 3. The maximum Gasteiger partial charge on any atom is 0.263 e. The number of imide groups is 1. The van der Waals surface area contributed by atoms with E-state index in [0.29, 0.717) is 28.6 Å². The van der Waals surface area contributed by atoms with Crippen LogP contribution in [0.4, 0.5) is 11.4 Å². The zero-order valence-electron chi connectivity index (χ0n) is 17.6. The zero-order chi connectivity index (χ0) is 22.8. The highest BCUT2D eigenvalue weighted by Crippen LogP contribution is 2.36. The van der Waals surface area contributed by atoms with Gasteiger partial charge in [0.25, 0.3) is 11.8 Å². The van der Waals surface area contributed by atoms with Gasteiger partial charge in [-0.2, -0.15) is 5.11 Å². The van der Waals surface area contributed by atoms with Crippen LogP contribution in [0.5, 0.6) is 17.2 Å². The molecular formula is C21H21N5O6. The number of hydrogen-bond donors (Lipinski definition) is 1. The third kappa shape index (κ3) is 3.68. The van der Waals surface area contributed by atoms with E-state index in [9.17, 15) is 14.4 Å². The smallest absolute Gasteiger partial charge is 0.263 e. The van der Waals surface area contributed by atoms with Crippen LogP contribution in [0.2, 0.25) is 0 Å². The third-order valence-electron chi connectivity index (χ3n) is 5.16. The van der Waals surface area contributed by atoms with Gasteiger partial charge in [0.15, 0.2) is 23.6 Å². The summed E-state index contributed by atoms with van der Waals surface area (Å²) in [5, 5.41) is 11.8. The Morgan fingerprint density at radius 1 is 0.969 bits per heavy atom. The lowest BCUT2D eigenvalue weighted by molar-refractivity contribution is -0.123. The van der Waals surface area contributed by atoms with E-state index in [1.165, 1.54) is 25.3 Å². The van der Waals surface area contributed by atoms with Crippen LogP contribution in [0.25, 0.3) is 0 Å². The predicted octanol–water partition coefficient (Wildman–Crippen LogP) is 1.64. The number of rotatable bonds is 7. The van der Waals surface area contributed by atoms with Crippen molar-refractivity contribution in [3.8, 4) is 17.2 Å². The fourth-order valence-corrected chi connectivity index (χ4v) is 3.59. The summed E-state index contributed by atoms with van der Waals surface area (Å²) in [7, 11) is 4.50. The quantitative estimate of drug-likeness (QED) is 0.651. The summed E-state index contributed by atoms with van der Waals surface area (Å²) in [5.41, 5.74) is 0.883. The SMILES string of the molecule is COc1ccc(NC(=O)CN2N=N[C@H]3C(=O)N(c4ccc(OC)c(OC)c4)C(=O)[C@H]32)cc1. The molecule has 11 heteroatoms. The molecule has 3 amide bonds. The summed E-state index contributed by atoms with van der Waals surface area (Å²) in [6.07, 6.45) is 0. The van der Waals surface area contributed by atoms with Crippen molar-refractivity contribution in [1.82, 2.24) is 5.01 Å². The van der Waals surface area contributed by atoms with Gasteiger partial charge in [-0.25, -0.2) is 4.90 Å². The molecule has 2 heterocycles. The molecule has 0 aromatic heterocycles. The standard InChI is InChI=1S/C21H21N5O6/c1-30-14-7-4-12(5-8-14)22-17(27)11-25-19-18(23-24-25)20(28)26(21(19)29)13-6-9-15(31-2)16(10-13)32-3/h4-10,18-19H,11H2,1-3H3,(H,22,27)/t18-,19+/m1/s1. The largest absolute Gasteiger partial charge is 0.497 e. The number of amides is 3. The van der Waals surface area contributed by atoms with Crippen molar-refractivity contribution >= 4 is 29.1 Å². The maximum atomic E-state index is 13.1. The number of nitrogens with zero attached hydrogens (tertiary/aromatic N) is 4. The van der Waals surface area contributed by atoms with Crippen molar-refractivity contribution in [3.63, 3.8) is 0 Å². The second-order valence-electron chi connectivity index (χ2n) is 7.02. The molecule has 1 N–H and O–H groups in total. The van der Waals surface area contributed by atoms with Crippen molar-refractivity contribution in [2.24, 2.45) is 10.3 Å². The van der Waals surface area contributed by atoms with Crippen LogP contribution < -0.4 is 24.4 Å². The van der Waals surface area contributed by atoms with Crippen LogP contribution in [0.3, 0.4) is 0 Å². The number of benzene rings is 2. The molecule has 2 aromatic rings. The van der Waals surface area contributed by atoms with Gasteiger partial charge in [-0.1, -0.05) is 5.22 Å². The molecule has 2 atom stereocenters. The van der Waals surface area contributed by atoms with Gasteiger partial charge in [-0.15, -0.1) is 0 Å². The van der Waals surface area contributed by atoms with Gasteiger partial charge < -0.3 is 19.5 Å². The predicted molar refractivity (Wildman–Crippen MR) is 113 cm³/mol. The third-order valence-corrected chi connectivity index (χ3v) is 5.16. The summed E-state index contributed by atoms with van der Waals surface area (Å²) < 4.78 is 15.5. The summed E-state index contributed by atoms with van der Waals surface area (Å²) >= 11 is 0. The average Bonchev–Trinajstić information content (AvgIpc) is 3.32. The average molecular weight is 439 g/mol. The number of carbonyl (C=O) groups excluding carboxylic acids is 3. The van der Waals surface area contributed by atoms with Crippen LogP contribution in [0.15, 0.2) is 52.8 Å². The molecule has 0 radical (unpaired) electrons. The highest BCUT2D eigenvalue weighted by atomic mass is 16.5. The highest BCUT2D eigenvalue weighted by Gasteiger charge is 2.55. The molecule has 4 rings (SSSR count). The first-order valence-electron chi connectivity index (χ1n) is 9.68. The number of fused-ring (bicyclic) bond motifs is 1. The minimum atomic E-state index is -1.01. The molecule has 32 heavy (non-hydrogen) atoms. The minimum absolute atomic E-state index is 0.241. The summed E-state index contributed by atoms with van der Waals surface area (Å²) in [6, 6.07) is 9.51. The van der Waals surface area contributed by atoms with E-state index in [-0.39, 0.29) is 6.54 Å². The molecule has 11 nitrogen and oxygen atoms in total. The van der Waals surface area contributed by atoms with E-state index >= 15 is 0 Å². The molecule has 0 unspecified atom stereocenters. The van der Waals surface area contributed by atoms with Gasteiger partial charge in [0.1, 0.15) is 12.3 Å². The van der Waals surface area contributed by atoms with Crippen molar-refractivity contribution in [1.29, 1.82) is 0 Å². The fraction of sp³-hybridized carbons (Fsp3) is 0.286. The molecule has 2 aliphatic heterocycles. The number of hydrogen-bond acceptors (Lipinski definition) is 9. The lowest BCUT2D eigenvalue weighted by Crippen LogP contribution is -2.43. The molecule has 2 aromatic carbocycles. The van der Waals surface area contributed by atoms with E-state index in [1.807, 2.05) is 0 Å². The zero-order valence-corrected chi connectivity index (χ0v) is 17.6. The first-order valence-corrected chi connectivity index (χ1v) is 9.68. The maximum absolute atomic E-state index is 13.1. The van der Waals surface area contributed by atoms with Crippen molar-refractivity contribution < 1.29 is 28.6 Å². The van der Waals surface area contributed by atoms with Crippen LogP contribution in [-0.2, 0) is 14.4 Å². The van der Waals surface area contributed by atoms with E-state index in [0.717, 1.165) is 4.90 Å². The van der Waals surface area contributed by atoms with Gasteiger partial charge in [0, 0.05) is 11.8 Å². The second-order valence-corrected chi connectivity index (χ2v) is 7.02. The van der Waals surface area contributed by atoms with Crippen LogP contribution >= 0.6 is 0 Å². The highest BCUT2D eigenvalue weighted by molar-refractivity contribution is 6.25. The summed E-state index contributed by atoms with van der Waals surface area (Å²) in [5.74, 6) is 0.0552. The minimum Gasteiger partial charge on any atom is -0.497 e. The van der Waals surface area contributed by atoms with E-state index < -0.39 is 29.8 Å². The molecule has 0 saturated carbocycles. The fourth-order valence-electron chi connectivity index (χ4n) is 3.59. The molecule has 1 fully saturated rings. The van der Waals surface area contributed by atoms with E-state index in [1.54, 1.807) is 43.5 Å². The Bertz CT molecular complexity index is 1090. The number of nitrogens with one attached hydrogen (secondary N) is 1. The van der Waals surface area contributed by atoms with Crippen LogP contribution in [-0.4, -0.2) is 62.7 Å². The summed E-state index contributed by atoms with van der Waals surface area (Å²) in [6.45, 7) is -0.241. The van der Waals surface area contributed by atoms with Crippen molar-refractivity contribution in [2.45, 2.75) is 12.1 Å². The molecular weight excluding hydrogens is 418 g/mol. The molecule has 0 aliphatic carbocycles. The number of ether oxygens (including phenoxy) is 3. The Hall–Kier alpha value is -4.15. The first-order chi connectivity index (χ1) is 15.5. The molecule has 0 bridgehead atoms. The van der Waals surface area contributed by atoms with Gasteiger partial charge in [0.05, 0.1) is 27.0 Å². The van der Waals surface area contributed by atoms with Crippen LogP contribution in [0.1, 0.15) is 0 Å². The first kappa shape index (κ1) is 21.1. The summed E-state index contributed by atoms with van der Waals surface area (Å²) in [4.78, 5) is 39.5. The Kier molecular flexibility index (Phi) is 5.63. The number of anilines is 2. The Balaban J connectivity index is 1.48. The Labute approximate surface area is 183 Å². The Morgan fingerprint density at radius 2 is 1.69 bits per heavy atom. The molecule has 0 spiro atoms. The van der Waals surface area contributed by atoms with E-state index in [2.05, 4.69) is 15.7 Å². The van der Waals surface area contributed by atoms with Gasteiger partial charge in [0.2, 0.25) is 5.91 Å². The second kappa shape index (κ2) is 8.53. The number of carbonyl (C=O) groups is 3. The normalized spacial score (nSPS) is 19.2. The van der Waals surface area contributed by atoms with Crippen molar-refractivity contribution in [3.05, 3.63) is 42.5 Å². The van der Waals surface area contributed by atoms with Crippen molar-refractivity contribution in [2.75, 3.05) is 38.1 Å². The lowest BCUT2D eigenvalue weighted by Gasteiger charge is -2.20. The van der Waals surface area contributed by atoms with Gasteiger partial charge in [-0.3, -0.25) is 19.4 Å². The lowest BCUT2D eigenvalue weighted by atomic mass is 10.1. The van der Waals surface area contributed by atoms with E-state index in [4.69, 9.17) is 14.2 Å². The molecule has 166 valence electrons. The van der Waals surface area contributed by atoms with Gasteiger partial charge in [-0.05, 0) is 36.4 Å². The molecule has 2 aliphatic rings.